The quantitative estimate of drug-likeness (QED) is 0.640. The van der Waals surface area contributed by atoms with E-state index in [-0.39, 0.29) is 12.1 Å². The molecule has 0 aromatic rings. The molecule has 0 fully saturated rings. The Labute approximate surface area is 82.7 Å². The van der Waals surface area contributed by atoms with Gasteiger partial charge in [-0.15, -0.1) is 0 Å². The average Bonchev–Trinajstić information content (AvgIpc) is 2.15. The number of aliphatic hydroxyl groups is 1. The van der Waals surface area contributed by atoms with Crippen LogP contribution in [0.15, 0.2) is 0 Å². The summed E-state index contributed by atoms with van der Waals surface area (Å²) in [4.78, 5) is 0. The van der Waals surface area contributed by atoms with Crippen molar-refractivity contribution in [2.75, 3.05) is 13.2 Å². The molecule has 2 heteroatoms. The van der Waals surface area contributed by atoms with E-state index in [2.05, 4.69) is 33.0 Å². The Morgan fingerprint density at radius 3 is 2.38 bits per heavy atom. The maximum absolute atomic E-state index is 9.24. The zero-order valence-corrected chi connectivity index (χ0v) is 9.56. The minimum atomic E-state index is -0.0712. The van der Waals surface area contributed by atoms with Gasteiger partial charge in [-0.1, -0.05) is 33.6 Å². The highest BCUT2D eigenvalue weighted by Gasteiger charge is 2.21. The van der Waals surface area contributed by atoms with Gasteiger partial charge in [-0.25, -0.2) is 0 Å². The molecule has 0 rings (SSSR count). The lowest BCUT2D eigenvalue weighted by Gasteiger charge is -2.29. The number of aliphatic hydroxyl groups excluding tert-OH is 1. The number of hydrogen-bond acceptors (Lipinski definition) is 2. The van der Waals surface area contributed by atoms with Gasteiger partial charge in [0.25, 0.3) is 0 Å². The minimum absolute atomic E-state index is 0.0712. The molecule has 0 bridgehead atoms. The molecule has 0 saturated heterocycles. The Bertz CT molecular complexity index is 127. The van der Waals surface area contributed by atoms with Gasteiger partial charge in [0.05, 0.1) is 6.61 Å². The molecule has 0 spiro atoms. The average molecular weight is 187 g/mol. The Hall–Kier alpha value is -0.0800. The van der Waals surface area contributed by atoms with E-state index in [4.69, 9.17) is 0 Å². The van der Waals surface area contributed by atoms with E-state index in [1.165, 1.54) is 6.42 Å². The summed E-state index contributed by atoms with van der Waals surface area (Å²) in [5.41, 5.74) is -0.0712. The first-order valence-electron chi connectivity index (χ1n) is 5.43. The van der Waals surface area contributed by atoms with Gasteiger partial charge in [0.15, 0.2) is 0 Å². The molecule has 0 aliphatic carbocycles. The molecule has 0 aliphatic heterocycles. The standard InChI is InChI=1S/C11H25NO/c1-5-7-11(4,9-13)12-8-10(3)6-2/h10,12-13H,5-9H2,1-4H3. The summed E-state index contributed by atoms with van der Waals surface area (Å²) in [6, 6.07) is 0. The van der Waals surface area contributed by atoms with Crippen LogP contribution in [0.25, 0.3) is 0 Å². The Kier molecular flexibility index (Phi) is 6.35. The maximum Gasteiger partial charge on any atom is 0.0610 e. The van der Waals surface area contributed by atoms with Crippen LogP contribution in [0.3, 0.4) is 0 Å². The van der Waals surface area contributed by atoms with E-state index in [1.54, 1.807) is 0 Å². The van der Waals surface area contributed by atoms with Gasteiger partial charge in [0.1, 0.15) is 0 Å². The van der Waals surface area contributed by atoms with Crippen LogP contribution in [-0.4, -0.2) is 23.8 Å². The van der Waals surface area contributed by atoms with Gasteiger partial charge in [-0.2, -0.15) is 0 Å². The summed E-state index contributed by atoms with van der Waals surface area (Å²) in [6.45, 7) is 9.92. The third-order valence-electron chi connectivity index (χ3n) is 2.72. The lowest BCUT2D eigenvalue weighted by Crippen LogP contribution is -2.47. The first-order chi connectivity index (χ1) is 6.08. The molecular formula is C11H25NO. The second kappa shape index (κ2) is 6.39. The molecule has 13 heavy (non-hydrogen) atoms. The topological polar surface area (TPSA) is 32.3 Å². The van der Waals surface area contributed by atoms with Gasteiger partial charge in [0.2, 0.25) is 0 Å². The molecule has 0 saturated carbocycles. The Morgan fingerprint density at radius 1 is 1.38 bits per heavy atom. The summed E-state index contributed by atoms with van der Waals surface area (Å²) >= 11 is 0. The van der Waals surface area contributed by atoms with Crippen LogP contribution in [0.5, 0.6) is 0 Å². The van der Waals surface area contributed by atoms with E-state index in [0.717, 1.165) is 19.4 Å². The van der Waals surface area contributed by atoms with Gasteiger partial charge < -0.3 is 10.4 Å². The van der Waals surface area contributed by atoms with Crippen LogP contribution in [0.2, 0.25) is 0 Å². The van der Waals surface area contributed by atoms with Crippen LogP contribution < -0.4 is 5.32 Å². The van der Waals surface area contributed by atoms with E-state index in [0.29, 0.717) is 5.92 Å². The van der Waals surface area contributed by atoms with E-state index in [1.807, 2.05) is 0 Å². The van der Waals surface area contributed by atoms with Crippen molar-refractivity contribution in [3.8, 4) is 0 Å². The fraction of sp³-hybridized carbons (Fsp3) is 1.00. The van der Waals surface area contributed by atoms with Crippen LogP contribution in [-0.2, 0) is 0 Å². The highest BCUT2D eigenvalue weighted by atomic mass is 16.3. The highest BCUT2D eigenvalue weighted by Crippen LogP contribution is 2.12. The molecule has 0 heterocycles. The molecule has 2 unspecified atom stereocenters. The molecule has 0 aromatic carbocycles. The van der Waals surface area contributed by atoms with Crippen molar-refractivity contribution >= 4 is 0 Å². The van der Waals surface area contributed by atoms with Crippen molar-refractivity contribution in [1.82, 2.24) is 5.32 Å². The fourth-order valence-corrected chi connectivity index (χ4v) is 1.34. The Balaban J connectivity index is 3.82. The van der Waals surface area contributed by atoms with E-state index in [9.17, 15) is 5.11 Å². The van der Waals surface area contributed by atoms with Crippen LogP contribution in [0, 0.1) is 5.92 Å². The lowest BCUT2D eigenvalue weighted by molar-refractivity contribution is 0.160. The zero-order chi connectivity index (χ0) is 10.3. The van der Waals surface area contributed by atoms with Crippen LogP contribution >= 0.6 is 0 Å². The monoisotopic (exact) mass is 187 g/mol. The summed E-state index contributed by atoms with van der Waals surface area (Å²) < 4.78 is 0. The lowest BCUT2D eigenvalue weighted by atomic mass is 9.96. The summed E-state index contributed by atoms with van der Waals surface area (Å²) in [5.74, 6) is 0.697. The molecule has 0 aliphatic rings. The minimum Gasteiger partial charge on any atom is -0.394 e. The second-order valence-corrected chi connectivity index (χ2v) is 4.36. The van der Waals surface area contributed by atoms with Gasteiger partial charge in [-0.3, -0.25) is 0 Å². The molecule has 0 radical (unpaired) electrons. The fourth-order valence-electron chi connectivity index (χ4n) is 1.34. The second-order valence-electron chi connectivity index (χ2n) is 4.36. The van der Waals surface area contributed by atoms with E-state index >= 15 is 0 Å². The number of nitrogens with one attached hydrogen (secondary N) is 1. The third-order valence-corrected chi connectivity index (χ3v) is 2.72. The molecular weight excluding hydrogens is 162 g/mol. The Morgan fingerprint density at radius 2 is 2.00 bits per heavy atom. The van der Waals surface area contributed by atoms with Crippen molar-refractivity contribution < 1.29 is 5.11 Å². The summed E-state index contributed by atoms with van der Waals surface area (Å²) in [7, 11) is 0. The van der Waals surface area contributed by atoms with Gasteiger partial charge in [0, 0.05) is 5.54 Å². The maximum atomic E-state index is 9.24. The van der Waals surface area contributed by atoms with Crippen molar-refractivity contribution in [2.24, 2.45) is 5.92 Å². The molecule has 80 valence electrons. The van der Waals surface area contributed by atoms with Crippen LogP contribution in [0.4, 0.5) is 0 Å². The number of hydrogen-bond donors (Lipinski definition) is 2. The summed E-state index contributed by atoms with van der Waals surface area (Å²) in [5, 5.41) is 12.7. The zero-order valence-electron chi connectivity index (χ0n) is 9.56. The van der Waals surface area contributed by atoms with Crippen molar-refractivity contribution in [3.05, 3.63) is 0 Å². The van der Waals surface area contributed by atoms with E-state index < -0.39 is 0 Å². The van der Waals surface area contributed by atoms with Gasteiger partial charge >= 0.3 is 0 Å². The first-order valence-corrected chi connectivity index (χ1v) is 5.43. The molecule has 0 aromatic heterocycles. The number of rotatable bonds is 7. The third kappa shape index (κ3) is 5.27. The van der Waals surface area contributed by atoms with Crippen molar-refractivity contribution in [3.63, 3.8) is 0 Å². The first kappa shape index (κ1) is 12.9. The normalized spacial score (nSPS) is 18.2. The highest BCUT2D eigenvalue weighted by molar-refractivity contribution is 4.82. The molecule has 2 atom stereocenters. The molecule has 0 amide bonds. The van der Waals surface area contributed by atoms with Crippen LogP contribution in [0.1, 0.15) is 47.0 Å². The molecule has 2 nitrogen and oxygen atoms in total. The van der Waals surface area contributed by atoms with Crippen molar-refractivity contribution in [1.29, 1.82) is 0 Å². The summed E-state index contributed by atoms with van der Waals surface area (Å²) in [6.07, 6.45) is 3.35. The molecule has 2 N–H and O–H groups in total. The SMILES string of the molecule is CCCC(C)(CO)NCC(C)CC. The largest absolute Gasteiger partial charge is 0.394 e. The predicted octanol–water partition coefficient (Wildman–Crippen LogP) is 2.17. The predicted molar refractivity (Wildman–Crippen MR) is 57.9 cm³/mol. The van der Waals surface area contributed by atoms with Gasteiger partial charge in [-0.05, 0) is 25.8 Å². The smallest absolute Gasteiger partial charge is 0.0610 e. The van der Waals surface area contributed by atoms with Crippen molar-refractivity contribution in [2.45, 2.75) is 52.5 Å².